The molecule has 1 fully saturated rings. The fraction of sp³-hybridized carbons (Fsp3) is 1.00. The maximum atomic E-state index is 12.3. The molecule has 0 aromatic carbocycles. The van der Waals surface area contributed by atoms with Crippen molar-refractivity contribution in [2.24, 2.45) is 5.41 Å². The van der Waals surface area contributed by atoms with Crippen LogP contribution in [-0.2, 0) is 10.2 Å². The first-order valence-corrected chi connectivity index (χ1v) is 5.29. The SMILES string of the molecule is O=S(=O)(F)CC1(C(F)(F)F)CC(F)(F)C1. The van der Waals surface area contributed by atoms with Crippen LogP contribution in [0.25, 0.3) is 0 Å². The van der Waals surface area contributed by atoms with Gasteiger partial charge in [0.2, 0.25) is 5.92 Å². The maximum absolute atomic E-state index is 12.3. The maximum Gasteiger partial charge on any atom is 0.396 e. The van der Waals surface area contributed by atoms with E-state index >= 15 is 0 Å². The van der Waals surface area contributed by atoms with Gasteiger partial charge in [-0.1, -0.05) is 0 Å². The lowest BCUT2D eigenvalue weighted by atomic mass is 9.67. The van der Waals surface area contributed by atoms with E-state index in [0.29, 0.717) is 0 Å². The molecule has 0 aromatic rings. The highest BCUT2D eigenvalue weighted by atomic mass is 32.3. The molecule has 90 valence electrons. The molecule has 1 aliphatic rings. The number of alkyl halides is 5. The Morgan fingerprint density at radius 2 is 1.53 bits per heavy atom. The molecule has 9 heteroatoms. The predicted octanol–water partition coefficient (Wildman–Crippen LogP) is 2.26. The number of halogens is 6. The van der Waals surface area contributed by atoms with Crippen molar-refractivity contribution in [3.05, 3.63) is 0 Å². The van der Waals surface area contributed by atoms with E-state index in [1.54, 1.807) is 0 Å². The van der Waals surface area contributed by atoms with Crippen LogP contribution in [-0.4, -0.2) is 26.3 Å². The highest BCUT2D eigenvalue weighted by molar-refractivity contribution is 7.86. The van der Waals surface area contributed by atoms with Gasteiger partial charge in [0, 0.05) is 12.8 Å². The number of hydrogen-bond donors (Lipinski definition) is 0. The molecule has 0 aliphatic heterocycles. The Morgan fingerprint density at radius 3 is 1.73 bits per heavy atom. The van der Waals surface area contributed by atoms with Crippen molar-refractivity contribution >= 4 is 10.2 Å². The molecular formula is C6H6F6O2S. The van der Waals surface area contributed by atoms with Crippen LogP contribution in [0.2, 0.25) is 0 Å². The predicted molar refractivity (Wildman–Crippen MR) is 37.6 cm³/mol. The smallest absolute Gasteiger partial charge is 0.207 e. The molecule has 0 atom stereocenters. The molecule has 0 N–H and O–H groups in total. The molecule has 1 saturated carbocycles. The van der Waals surface area contributed by atoms with Crippen LogP contribution in [0.5, 0.6) is 0 Å². The zero-order valence-electron chi connectivity index (χ0n) is 7.11. The van der Waals surface area contributed by atoms with E-state index in [1.165, 1.54) is 0 Å². The van der Waals surface area contributed by atoms with Crippen molar-refractivity contribution in [1.82, 2.24) is 0 Å². The van der Waals surface area contributed by atoms with Gasteiger partial charge in [0.15, 0.2) is 0 Å². The zero-order valence-corrected chi connectivity index (χ0v) is 7.93. The molecule has 0 aromatic heterocycles. The van der Waals surface area contributed by atoms with Gasteiger partial charge in [0.05, 0.1) is 11.2 Å². The van der Waals surface area contributed by atoms with Gasteiger partial charge in [-0.3, -0.25) is 0 Å². The molecule has 0 spiro atoms. The second-order valence-electron chi connectivity index (χ2n) is 3.67. The summed E-state index contributed by atoms with van der Waals surface area (Å²) in [6, 6.07) is 0. The Morgan fingerprint density at radius 1 is 1.13 bits per heavy atom. The fourth-order valence-corrected chi connectivity index (χ4v) is 2.68. The van der Waals surface area contributed by atoms with Crippen molar-refractivity contribution < 1.29 is 34.3 Å². The van der Waals surface area contributed by atoms with Crippen molar-refractivity contribution in [2.45, 2.75) is 24.9 Å². The molecule has 0 bridgehead atoms. The Bertz CT molecular complexity index is 348. The molecule has 0 saturated heterocycles. The summed E-state index contributed by atoms with van der Waals surface area (Å²) in [4.78, 5) is 0. The molecule has 2 nitrogen and oxygen atoms in total. The third-order valence-electron chi connectivity index (χ3n) is 2.24. The van der Waals surface area contributed by atoms with E-state index in [-0.39, 0.29) is 0 Å². The van der Waals surface area contributed by atoms with Gasteiger partial charge in [-0.2, -0.15) is 21.6 Å². The van der Waals surface area contributed by atoms with E-state index < -0.39 is 46.3 Å². The summed E-state index contributed by atoms with van der Waals surface area (Å²) < 4.78 is 93.7. The summed E-state index contributed by atoms with van der Waals surface area (Å²) in [5.74, 6) is -5.50. The lowest BCUT2D eigenvalue weighted by molar-refractivity contribution is -0.299. The second kappa shape index (κ2) is 3.02. The fourth-order valence-electron chi connectivity index (χ4n) is 1.65. The van der Waals surface area contributed by atoms with Gasteiger partial charge in [-0.05, 0) is 0 Å². The molecule has 0 heterocycles. The van der Waals surface area contributed by atoms with E-state index in [2.05, 4.69) is 0 Å². The zero-order chi connectivity index (χ0) is 12.1. The van der Waals surface area contributed by atoms with E-state index in [9.17, 15) is 34.3 Å². The Hall–Kier alpha value is -0.470. The molecule has 1 aliphatic carbocycles. The topological polar surface area (TPSA) is 34.1 Å². The van der Waals surface area contributed by atoms with E-state index in [0.717, 1.165) is 0 Å². The lowest BCUT2D eigenvalue weighted by Crippen LogP contribution is -2.57. The quantitative estimate of drug-likeness (QED) is 0.561. The normalized spacial score (nSPS) is 24.7. The van der Waals surface area contributed by atoms with Gasteiger partial charge in [-0.25, -0.2) is 8.78 Å². The van der Waals surface area contributed by atoms with Gasteiger partial charge in [0.1, 0.15) is 0 Å². The minimum atomic E-state index is -5.43. The average Bonchev–Trinajstić information content (AvgIpc) is 1.74. The summed E-state index contributed by atoms with van der Waals surface area (Å²) in [5, 5.41) is 0. The van der Waals surface area contributed by atoms with Gasteiger partial charge >= 0.3 is 16.4 Å². The molecule has 0 radical (unpaired) electrons. The first-order valence-electron chi connectivity index (χ1n) is 3.74. The van der Waals surface area contributed by atoms with Crippen LogP contribution < -0.4 is 0 Å². The van der Waals surface area contributed by atoms with Crippen molar-refractivity contribution in [3.8, 4) is 0 Å². The van der Waals surface area contributed by atoms with Crippen LogP contribution in [0.1, 0.15) is 12.8 Å². The van der Waals surface area contributed by atoms with Gasteiger partial charge in [-0.15, -0.1) is 3.89 Å². The second-order valence-corrected chi connectivity index (χ2v) is 5.04. The van der Waals surface area contributed by atoms with Crippen molar-refractivity contribution in [2.75, 3.05) is 5.75 Å². The molecular weight excluding hydrogens is 250 g/mol. The van der Waals surface area contributed by atoms with Crippen LogP contribution in [0.15, 0.2) is 0 Å². The number of rotatable bonds is 2. The standard InChI is InChI=1S/C6H6F6O2S/c7-5(8)1-4(2-5,6(9,10)11)3-15(12,13)14/h1-3H2. The van der Waals surface area contributed by atoms with Crippen LogP contribution in [0.3, 0.4) is 0 Å². The lowest BCUT2D eigenvalue weighted by Gasteiger charge is -2.47. The summed E-state index contributed by atoms with van der Waals surface area (Å²) in [7, 11) is -5.43. The minimum Gasteiger partial charge on any atom is -0.207 e. The third-order valence-corrected chi connectivity index (χ3v) is 3.14. The molecule has 1 rings (SSSR count). The Balaban J connectivity index is 2.93. The number of hydrogen-bond acceptors (Lipinski definition) is 2. The first-order chi connectivity index (χ1) is 6.37. The first kappa shape index (κ1) is 12.6. The third kappa shape index (κ3) is 2.56. The Labute approximate surface area is 81.5 Å². The average molecular weight is 256 g/mol. The molecule has 0 unspecified atom stereocenters. The minimum absolute atomic E-state index is 1.67. The largest absolute Gasteiger partial charge is 0.396 e. The monoisotopic (exact) mass is 256 g/mol. The van der Waals surface area contributed by atoms with Crippen LogP contribution in [0, 0.1) is 5.41 Å². The van der Waals surface area contributed by atoms with E-state index in [4.69, 9.17) is 0 Å². The van der Waals surface area contributed by atoms with Crippen LogP contribution in [0.4, 0.5) is 25.8 Å². The van der Waals surface area contributed by atoms with E-state index in [1.807, 2.05) is 0 Å². The summed E-state index contributed by atoms with van der Waals surface area (Å²) >= 11 is 0. The summed E-state index contributed by atoms with van der Waals surface area (Å²) in [5.41, 5.74) is -3.13. The summed E-state index contributed by atoms with van der Waals surface area (Å²) in [6.45, 7) is 0. The van der Waals surface area contributed by atoms with Crippen molar-refractivity contribution in [3.63, 3.8) is 0 Å². The van der Waals surface area contributed by atoms with Crippen LogP contribution >= 0.6 is 0 Å². The van der Waals surface area contributed by atoms with Gasteiger partial charge < -0.3 is 0 Å². The summed E-state index contributed by atoms with van der Waals surface area (Å²) in [6.07, 6.45) is -8.49. The molecule has 15 heavy (non-hydrogen) atoms. The van der Waals surface area contributed by atoms with Crippen molar-refractivity contribution in [1.29, 1.82) is 0 Å². The highest BCUT2D eigenvalue weighted by Gasteiger charge is 2.70. The molecule has 0 amide bonds. The Kier molecular flexibility index (Phi) is 2.53. The highest BCUT2D eigenvalue weighted by Crippen LogP contribution is 2.60. The van der Waals surface area contributed by atoms with Gasteiger partial charge in [0.25, 0.3) is 0 Å².